The lowest BCUT2D eigenvalue weighted by Crippen LogP contribution is -2.24. The van der Waals surface area contributed by atoms with Crippen LogP contribution in [0.5, 0.6) is 0 Å². The van der Waals surface area contributed by atoms with E-state index < -0.39 is 5.97 Å². The van der Waals surface area contributed by atoms with Gasteiger partial charge in [0.25, 0.3) is 0 Å². The number of pyridine rings is 1. The molecule has 88 valence electrons. The highest BCUT2D eigenvalue weighted by atomic mass is 16.4. The molecule has 5 heteroatoms. The van der Waals surface area contributed by atoms with E-state index in [9.17, 15) is 14.7 Å². The van der Waals surface area contributed by atoms with Crippen LogP contribution in [0.4, 0.5) is 5.82 Å². The molecule has 1 amide bonds. The minimum Gasteiger partial charge on any atom is -0.545 e. The molecular weight excluding hydrogens is 220 g/mol. The van der Waals surface area contributed by atoms with Crippen molar-refractivity contribution in [1.29, 1.82) is 0 Å². The summed E-state index contributed by atoms with van der Waals surface area (Å²) in [5, 5.41) is 10.2. The van der Waals surface area contributed by atoms with Gasteiger partial charge in [0.2, 0.25) is 5.91 Å². The van der Waals surface area contributed by atoms with E-state index in [-0.39, 0.29) is 5.91 Å². The first kappa shape index (κ1) is 11.3. The standard InChI is InChI=1S/C12H12N2O3/c15-11-2-1-7-14(11)10-5-3-9(8-13-10)4-6-12(16)17/h3-6,8H,1-2,7H2,(H,16,17)/p-1/b6-4+. The average Bonchev–Trinajstić information content (AvgIpc) is 2.73. The van der Waals surface area contributed by atoms with Gasteiger partial charge >= 0.3 is 0 Å². The van der Waals surface area contributed by atoms with E-state index in [0.717, 1.165) is 12.5 Å². The van der Waals surface area contributed by atoms with E-state index >= 15 is 0 Å². The molecule has 0 atom stereocenters. The maximum absolute atomic E-state index is 11.5. The quantitative estimate of drug-likeness (QED) is 0.685. The van der Waals surface area contributed by atoms with Crippen molar-refractivity contribution >= 4 is 23.8 Å². The van der Waals surface area contributed by atoms with Gasteiger partial charge in [-0.15, -0.1) is 0 Å². The Bertz CT molecular complexity index is 465. The Morgan fingerprint density at radius 1 is 1.47 bits per heavy atom. The normalized spacial score (nSPS) is 15.8. The molecule has 2 rings (SSSR count). The van der Waals surface area contributed by atoms with Crippen LogP contribution in [-0.4, -0.2) is 23.4 Å². The first-order valence-electron chi connectivity index (χ1n) is 5.32. The van der Waals surface area contributed by atoms with Crippen molar-refractivity contribution < 1.29 is 14.7 Å². The van der Waals surface area contributed by atoms with Crippen molar-refractivity contribution in [2.24, 2.45) is 0 Å². The zero-order chi connectivity index (χ0) is 12.3. The Balaban J connectivity index is 2.12. The van der Waals surface area contributed by atoms with Gasteiger partial charge in [-0.1, -0.05) is 6.08 Å². The number of aromatic nitrogens is 1. The van der Waals surface area contributed by atoms with E-state index in [0.29, 0.717) is 24.3 Å². The molecule has 0 bridgehead atoms. The summed E-state index contributed by atoms with van der Waals surface area (Å²) in [7, 11) is 0. The second-order valence-electron chi connectivity index (χ2n) is 3.75. The number of amides is 1. The predicted octanol–water partition coefficient (Wildman–Crippen LogP) is -0.0285. The molecule has 1 aromatic rings. The summed E-state index contributed by atoms with van der Waals surface area (Å²) in [5.74, 6) is -0.558. The van der Waals surface area contributed by atoms with Gasteiger partial charge in [0.15, 0.2) is 0 Å². The average molecular weight is 231 g/mol. The fraction of sp³-hybridized carbons (Fsp3) is 0.250. The molecule has 5 nitrogen and oxygen atoms in total. The number of carbonyl (C=O) groups excluding carboxylic acids is 2. The van der Waals surface area contributed by atoms with Crippen molar-refractivity contribution in [3.63, 3.8) is 0 Å². The molecule has 0 radical (unpaired) electrons. The van der Waals surface area contributed by atoms with Crippen molar-refractivity contribution in [2.45, 2.75) is 12.8 Å². The number of carbonyl (C=O) groups is 2. The van der Waals surface area contributed by atoms with Crippen molar-refractivity contribution in [3.05, 3.63) is 30.0 Å². The maximum Gasteiger partial charge on any atom is 0.228 e. The van der Waals surface area contributed by atoms with Crippen LogP contribution in [0.3, 0.4) is 0 Å². The van der Waals surface area contributed by atoms with Crippen LogP contribution in [-0.2, 0) is 9.59 Å². The van der Waals surface area contributed by atoms with E-state index in [1.807, 2.05) is 0 Å². The van der Waals surface area contributed by atoms with Crippen LogP contribution >= 0.6 is 0 Å². The third-order valence-corrected chi connectivity index (χ3v) is 2.53. The molecule has 0 saturated carbocycles. The molecule has 0 aromatic carbocycles. The minimum absolute atomic E-state index is 0.0792. The van der Waals surface area contributed by atoms with Crippen LogP contribution in [0.25, 0.3) is 6.08 Å². The summed E-state index contributed by atoms with van der Waals surface area (Å²) < 4.78 is 0. The van der Waals surface area contributed by atoms with Gasteiger partial charge in [-0.25, -0.2) is 4.98 Å². The van der Waals surface area contributed by atoms with E-state index in [1.54, 1.807) is 17.0 Å². The van der Waals surface area contributed by atoms with E-state index in [4.69, 9.17) is 0 Å². The summed E-state index contributed by atoms with van der Waals surface area (Å²) in [5.41, 5.74) is 0.657. The predicted molar refractivity (Wildman–Crippen MR) is 59.9 cm³/mol. The number of carboxylic acid groups (broad SMARTS) is 1. The van der Waals surface area contributed by atoms with Crippen LogP contribution in [0.15, 0.2) is 24.4 Å². The fourth-order valence-electron chi connectivity index (χ4n) is 1.71. The lowest BCUT2D eigenvalue weighted by molar-refractivity contribution is -0.297. The first-order chi connectivity index (χ1) is 8.16. The minimum atomic E-state index is -1.25. The molecule has 1 fully saturated rings. The van der Waals surface area contributed by atoms with Crippen LogP contribution < -0.4 is 10.0 Å². The van der Waals surface area contributed by atoms with Crippen LogP contribution in [0, 0.1) is 0 Å². The number of anilines is 1. The second kappa shape index (κ2) is 4.78. The van der Waals surface area contributed by atoms with Gasteiger partial charge in [0.05, 0.1) is 5.97 Å². The number of nitrogens with zero attached hydrogens (tertiary/aromatic N) is 2. The number of carboxylic acids is 1. The SMILES string of the molecule is O=C([O-])/C=C/c1ccc(N2CCCC2=O)nc1. The van der Waals surface area contributed by atoms with Gasteiger partial charge in [-0.3, -0.25) is 9.69 Å². The summed E-state index contributed by atoms with van der Waals surface area (Å²) in [4.78, 5) is 27.4. The molecule has 1 saturated heterocycles. The molecule has 0 unspecified atom stereocenters. The largest absolute Gasteiger partial charge is 0.545 e. The smallest absolute Gasteiger partial charge is 0.228 e. The number of aliphatic carboxylic acids is 1. The summed E-state index contributed by atoms with van der Waals surface area (Å²) in [6, 6.07) is 3.42. The summed E-state index contributed by atoms with van der Waals surface area (Å²) >= 11 is 0. The van der Waals surface area contributed by atoms with Crippen molar-refractivity contribution in [3.8, 4) is 0 Å². The van der Waals surface area contributed by atoms with Gasteiger partial charge < -0.3 is 9.90 Å². The van der Waals surface area contributed by atoms with Gasteiger partial charge in [0, 0.05) is 19.2 Å². The number of hydrogen-bond acceptors (Lipinski definition) is 4. The zero-order valence-corrected chi connectivity index (χ0v) is 9.13. The first-order valence-corrected chi connectivity index (χ1v) is 5.32. The van der Waals surface area contributed by atoms with Crippen molar-refractivity contribution in [1.82, 2.24) is 4.98 Å². The summed E-state index contributed by atoms with van der Waals surface area (Å²) in [6.45, 7) is 0.695. The third-order valence-electron chi connectivity index (χ3n) is 2.53. The second-order valence-corrected chi connectivity index (χ2v) is 3.75. The molecule has 0 N–H and O–H groups in total. The highest BCUT2D eigenvalue weighted by Gasteiger charge is 2.22. The molecule has 1 aromatic heterocycles. The van der Waals surface area contributed by atoms with Crippen LogP contribution in [0.2, 0.25) is 0 Å². The maximum atomic E-state index is 11.5. The molecule has 1 aliphatic rings. The number of rotatable bonds is 3. The topological polar surface area (TPSA) is 73.3 Å². The third kappa shape index (κ3) is 2.69. The molecule has 17 heavy (non-hydrogen) atoms. The lowest BCUT2D eigenvalue weighted by atomic mass is 10.2. The highest BCUT2D eigenvalue weighted by Crippen LogP contribution is 2.19. The molecule has 2 heterocycles. The lowest BCUT2D eigenvalue weighted by Gasteiger charge is -2.13. The Kier molecular flexibility index (Phi) is 3.18. The highest BCUT2D eigenvalue weighted by molar-refractivity contribution is 5.94. The monoisotopic (exact) mass is 231 g/mol. The van der Waals surface area contributed by atoms with E-state index in [1.165, 1.54) is 12.3 Å². The van der Waals surface area contributed by atoms with Gasteiger partial charge in [0.1, 0.15) is 5.82 Å². The van der Waals surface area contributed by atoms with Crippen molar-refractivity contribution in [2.75, 3.05) is 11.4 Å². The Morgan fingerprint density at radius 3 is 2.82 bits per heavy atom. The Labute approximate surface area is 98.4 Å². The zero-order valence-electron chi connectivity index (χ0n) is 9.13. The number of hydrogen-bond donors (Lipinski definition) is 0. The van der Waals surface area contributed by atoms with Gasteiger partial charge in [-0.05, 0) is 30.2 Å². The molecule has 0 spiro atoms. The summed E-state index contributed by atoms with van der Waals surface area (Å²) in [6.07, 6.45) is 5.29. The van der Waals surface area contributed by atoms with Crippen LogP contribution in [0.1, 0.15) is 18.4 Å². The van der Waals surface area contributed by atoms with E-state index in [2.05, 4.69) is 4.98 Å². The Hall–Kier alpha value is -2.17. The van der Waals surface area contributed by atoms with Gasteiger partial charge in [-0.2, -0.15) is 0 Å². The molecular formula is C12H11N2O3-. The fourth-order valence-corrected chi connectivity index (χ4v) is 1.71. The Morgan fingerprint density at radius 2 is 2.29 bits per heavy atom. The molecule has 0 aliphatic carbocycles. The molecule has 1 aliphatic heterocycles.